The molecule has 2 aromatic carbocycles. The molecule has 19 heteroatoms. The van der Waals surface area contributed by atoms with Gasteiger partial charge in [-0.2, -0.15) is 32.4 Å². The van der Waals surface area contributed by atoms with Gasteiger partial charge < -0.3 is 15.4 Å². The van der Waals surface area contributed by atoms with Gasteiger partial charge >= 0.3 is 19.2 Å². The Morgan fingerprint density at radius 1 is 1.04 bits per heavy atom. The van der Waals surface area contributed by atoms with Crippen molar-refractivity contribution in [3.63, 3.8) is 0 Å². The van der Waals surface area contributed by atoms with Crippen LogP contribution in [0.2, 0.25) is 0 Å². The Morgan fingerprint density at radius 3 is 2.38 bits per heavy atom. The van der Waals surface area contributed by atoms with E-state index in [-0.39, 0.29) is 10.2 Å². The zero-order valence-corrected chi connectivity index (χ0v) is 24.9. The van der Waals surface area contributed by atoms with E-state index in [0.29, 0.717) is 21.4 Å². The van der Waals surface area contributed by atoms with E-state index < -0.39 is 78.9 Å². The molecule has 48 heavy (non-hydrogen) atoms. The maximum Gasteiger partial charge on any atom is 0.407 e. The second kappa shape index (κ2) is 13.3. The third-order valence-electron chi connectivity index (χ3n) is 7.41. The van der Waals surface area contributed by atoms with E-state index in [4.69, 9.17) is 10.1 Å². The minimum absolute atomic E-state index is 0.00285. The lowest BCUT2D eigenvalue weighted by atomic mass is 10.00. The number of aromatic nitrogens is 5. The van der Waals surface area contributed by atoms with Crippen molar-refractivity contribution in [2.75, 3.05) is 6.61 Å². The number of rotatable bonds is 11. The maximum atomic E-state index is 15.0. The molecule has 0 aliphatic carbocycles. The molecule has 254 valence electrons. The number of guanidine groups is 1. The van der Waals surface area contributed by atoms with Gasteiger partial charge in [-0.05, 0) is 42.7 Å². The van der Waals surface area contributed by atoms with Crippen LogP contribution < -0.4 is 10.6 Å². The van der Waals surface area contributed by atoms with Gasteiger partial charge in [0.1, 0.15) is 24.8 Å². The van der Waals surface area contributed by atoms with Crippen molar-refractivity contribution in [3.8, 4) is 22.5 Å². The number of carbonyl (C=O) groups is 2. The van der Waals surface area contributed by atoms with Gasteiger partial charge in [0, 0.05) is 11.8 Å². The van der Waals surface area contributed by atoms with Crippen LogP contribution in [0.1, 0.15) is 50.2 Å². The molecule has 1 saturated heterocycles. The summed E-state index contributed by atoms with van der Waals surface area (Å²) in [5.74, 6) is -2.78. The Morgan fingerprint density at radius 2 is 1.75 bits per heavy atom. The highest BCUT2D eigenvalue weighted by molar-refractivity contribution is 6.06. The maximum absolute atomic E-state index is 15.0. The third kappa shape index (κ3) is 6.79. The van der Waals surface area contributed by atoms with Crippen LogP contribution in [0.15, 0.2) is 61.2 Å². The summed E-state index contributed by atoms with van der Waals surface area (Å²) >= 11 is 0. The molecule has 1 aliphatic rings. The van der Waals surface area contributed by atoms with Crippen LogP contribution in [-0.4, -0.2) is 66.0 Å². The summed E-state index contributed by atoms with van der Waals surface area (Å²) in [5, 5.41) is 20.3. The average molecular weight is 682 g/mol. The second-order valence-corrected chi connectivity index (χ2v) is 11.0. The van der Waals surface area contributed by atoms with Crippen molar-refractivity contribution in [1.29, 1.82) is 5.41 Å². The van der Waals surface area contributed by atoms with Crippen LogP contribution >= 0.6 is 0 Å². The van der Waals surface area contributed by atoms with Gasteiger partial charge in [-0.1, -0.05) is 30.3 Å². The highest BCUT2D eigenvalue weighted by atomic mass is 19.3. The van der Waals surface area contributed by atoms with E-state index >= 15 is 0 Å². The number of carbonyl (C=O) groups excluding carboxylic acids is 2. The highest BCUT2D eigenvalue weighted by Gasteiger charge is 2.42. The van der Waals surface area contributed by atoms with Crippen LogP contribution in [-0.2, 0) is 9.53 Å². The Kier molecular flexibility index (Phi) is 9.40. The first-order valence-electron chi connectivity index (χ1n) is 14.0. The quantitative estimate of drug-likeness (QED) is 0.174. The summed E-state index contributed by atoms with van der Waals surface area (Å²) in [7, 11) is 0. The lowest BCUT2D eigenvalue weighted by Gasteiger charge is -2.29. The summed E-state index contributed by atoms with van der Waals surface area (Å²) in [6.07, 6.45) is -1.11. The number of alkyl carbamates (subject to hydrolysis) is 1. The monoisotopic (exact) mass is 681 g/mol. The van der Waals surface area contributed by atoms with Gasteiger partial charge in [-0.25, -0.2) is 27.6 Å². The molecule has 0 spiro atoms. The van der Waals surface area contributed by atoms with Gasteiger partial charge in [-0.15, -0.1) is 0 Å². The molecule has 1 fully saturated rings. The standard InChI is InChI=1S/C29H26F7N9O3/c1-29(2,24(31)32)42-28(47)48-12-20(16-7-8-19(30)18(9-16)22-38-13-40-45(22)26(35)36)44-23(46)21(41-27(44)37)15-5-3-14(4-6-15)17-10-39-43(11-17)25(33)34/h3-11,13,20-21,24-26H,12H2,1-2H3,(H2,37,41)(H,42,47)/t20-,21-/m1/s1. The first kappa shape index (κ1) is 33.9. The number of hydrogen-bond donors (Lipinski definition) is 3. The zero-order chi connectivity index (χ0) is 34.9. The average Bonchev–Trinajstić information content (AvgIpc) is 3.78. The van der Waals surface area contributed by atoms with E-state index in [1.807, 2.05) is 5.32 Å². The van der Waals surface area contributed by atoms with Gasteiger partial charge in [0.2, 0.25) is 0 Å². The minimum atomic E-state index is -3.18. The van der Waals surface area contributed by atoms with Crippen molar-refractivity contribution >= 4 is 18.0 Å². The van der Waals surface area contributed by atoms with Crippen LogP contribution in [0.25, 0.3) is 22.5 Å². The fourth-order valence-corrected chi connectivity index (χ4v) is 4.85. The molecule has 3 N–H and O–H groups in total. The van der Waals surface area contributed by atoms with E-state index in [2.05, 4.69) is 20.5 Å². The normalized spacial score (nSPS) is 15.8. The van der Waals surface area contributed by atoms with Crippen molar-refractivity contribution in [1.82, 2.24) is 40.1 Å². The van der Waals surface area contributed by atoms with Crippen molar-refractivity contribution in [2.24, 2.45) is 0 Å². The van der Waals surface area contributed by atoms with Gasteiger partial charge in [-0.3, -0.25) is 15.1 Å². The highest BCUT2D eigenvalue weighted by Crippen LogP contribution is 2.34. The van der Waals surface area contributed by atoms with Gasteiger partial charge in [0.25, 0.3) is 12.3 Å². The smallest absolute Gasteiger partial charge is 0.407 e. The Balaban J connectivity index is 1.46. The topological polar surface area (TPSA) is 143 Å². The number of nitrogens with one attached hydrogen (secondary N) is 3. The molecule has 2 amide bonds. The number of ether oxygens (including phenoxy) is 1. The number of nitrogens with zero attached hydrogens (tertiary/aromatic N) is 6. The number of alkyl halides is 6. The van der Waals surface area contributed by atoms with E-state index in [9.17, 15) is 40.3 Å². The van der Waals surface area contributed by atoms with Crippen LogP contribution in [0.4, 0.5) is 35.5 Å². The lowest BCUT2D eigenvalue weighted by Crippen LogP contribution is -2.49. The molecule has 2 atom stereocenters. The molecule has 2 aromatic heterocycles. The van der Waals surface area contributed by atoms with Crippen LogP contribution in [0.5, 0.6) is 0 Å². The van der Waals surface area contributed by atoms with Crippen molar-refractivity contribution in [3.05, 3.63) is 78.1 Å². The first-order chi connectivity index (χ1) is 22.7. The number of amides is 2. The summed E-state index contributed by atoms with van der Waals surface area (Å²) in [6, 6.07) is 6.67. The van der Waals surface area contributed by atoms with Crippen molar-refractivity contribution < 1.29 is 45.1 Å². The molecule has 3 heterocycles. The predicted octanol–water partition coefficient (Wildman–Crippen LogP) is 5.66. The zero-order valence-electron chi connectivity index (χ0n) is 24.9. The van der Waals surface area contributed by atoms with E-state index in [1.165, 1.54) is 24.4 Å². The predicted molar refractivity (Wildman–Crippen MR) is 153 cm³/mol. The summed E-state index contributed by atoms with van der Waals surface area (Å²) in [6.45, 7) is -4.67. The molecule has 4 aromatic rings. The molecule has 12 nitrogen and oxygen atoms in total. The molecular formula is C29H26F7N9O3. The fourth-order valence-electron chi connectivity index (χ4n) is 4.85. The summed E-state index contributed by atoms with van der Waals surface area (Å²) < 4.78 is 100. The fraction of sp³-hybridized carbons (Fsp3) is 0.310. The van der Waals surface area contributed by atoms with Crippen LogP contribution in [0, 0.1) is 11.2 Å². The summed E-state index contributed by atoms with van der Waals surface area (Å²) in [5.41, 5.74) is -1.22. The van der Waals surface area contributed by atoms with Gasteiger partial charge in [0.15, 0.2) is 11.8 Å². The number of hydrogen-bond acceptors (Lipinski definition) is 7. The largest absolute Gasteiger partial charge is 0.447 e. The molecule has 0 bridgehead atoms. The molecular weight excluding hydrogens is 655 g/mol. The van der Waals surface area contributed by atoms with E-state index in [1.54, 1.807) is 12.1 Å². The Labute approximate surface area is 267 Å². The molecule has 5 rings (SSSR count). The van der Waals surface area contributed by atoms with Crippen LogP contribution in [0.3, 0.4) is 0 Å². The Hall–Kier alpha value is -5.49. The Bertz CT molecular complexity index is 1810. The molecule has 1 aliphatic heterocycles. The molecule has 0 radical (unpaired) electrons. The first-order valence-corrected chi connectivity index (χ1v) is 14.0. The van der Waals surface area contributed by atoms with Crippen molar-refractivity contribution in [2.45, 2.75) is 51.0 Å². The lowest BCUT2D eigenvalue weighted by molar-refractivity contribution is -0.129. The SMILES string of the molecule is CC(C)(NC(=O)OC[C@H](c1ccc(F)c(-c2ncnn2C(F)F)c1)N1C(=N)N[C@H](c2ccc(-c3cnn(C(F)F)c3)cc2)C1=O)C(F)F. The minimum Gasteiger partial charge on any atom is -0.447 e. The van der Waals surface area contributed by atoms with E-state index in [0.717, 1.165) is 43.4 Å². The third-order valence-corrected chi connectivity index (χ3v) is 7.41. The number of benzene rings is 2. The molecule has 0 unspecified atom stereocenters. The van der Waals surface area contributed by atoms with Gasteiger partial charge in [0.05, 0.1) is 23.3 Å². The number of halogens is 7. The second-order valence-electron chi connectivity index (χ2n) is 11.0. The summed E-state index contributed by atoms with van der Waals surface area (Å²) in [4.78, 5) is 30.9. The molecule has 0 saturated carbocycles.